The Bertz CT molecular complexity index is 830. The average molecular weight is 645 g/mol. The van der Waals surface area contributed by atoms with Gasteiger partial charge in [-0.05, 0) is 25.5 Å². The summed E-state index contributed by atoms with van der Waals surface area (Å²) in [7, 11) is 1.87. The highest BCUT2D eigenvalue weighted by Crippen LogP contribution is 2.03. The van der Waals surface area contributed by atoms with Crippen LogP contribution in [0.15, 0.2) is 30.3 Å². The first kappa shape index (κ1) is 46.3. The van der Waals surface area contributed by atoms with Crippen molar-refractivity contribution in [2.24, 2.45) is 11.7 Å². The third-order valence-electron chi connectivity index (χ3n) is 5.30. The van der Waals surface area contributed by atoms with Crippen LogP contribution >= 0.6 is 0 Å². The number of amides is 3. The molecule has 0 saturated carbocycles. The Morgan fingerprint density at radius 1 is 0.778 bits per heavy atom. The number of likely N-dealkylation sites (N-methyl/N-ethyl adjacent to an activating group) is 1. The van der Waals surface area contributed by atoms with Gasteiger partial charge in [-0.3, -0.25) is 19.2 Å². The van der Waals surface area contributed by atoms with E-state index < -0.39 is 23.9 Å². The number of hydrogen-bond donors (Lipinski definition) is 4. The predicted octanol–water partition coefficient (Wildman–Crippen LogP) is 2.21. The van der Waals surface area contributed by atoms with Gasteiger partial charge in [0.25, 0.3) is 6.47 Å². The molecule has 1 aromatic rings. The first-order valence-corrected chi connectivity index (χ1v) is 15.7. The zero-order chi connectivity index (χ0) is 34.7. The molecule has 0 heterocycles. The molecule has 0 aliphatic rings. The van der Waals surface area contributed by atoms with Crippen LogP contribution < -0.4 is 21.7 Å². The van der Waals surface area contributed by atoms with Crippen molar-refractivity contribution in [2.75, 3.05) is 66.4 Å². The van der Waals surface area contributed by atoms with Crippen LogP contribution in [0.4, 0.5) is 0 Å². The Hall–Kier alpha value is -3.10. The molecule has 0 saturated heterocycles. The van der Waals surface area contributed by atoms with E-state index in [0.717, 1.165) is 12.1 Å². The van der Waals surface area contributed by atoms with Gasteiger partial charge in [0.1, 0.15) is 18.7 Å². The summed E-state index contributed by atoms with van der Waals surface area (Å²) >= 11 is 0. The standard InChI is InChI=1S/C20H40N4O7.C8H8O2.2C2H6/c1-15(2)18(20(27)23-16(3)19(21)26)24-17(25)5-7-28-9-11-30-13-14-31-12-10-29-8-6-22-4;9-7-10-6-8-4-2-1-3-5-8;2*1-2/h15-16,18,22H,5-14H2,1-4H3,(H2,21,26)(H,23,27)(H,24,25);1-5,7H,6H2;2*1-2H3. The monoisotopic (exact) mass is 644 g/mol. The molecule has 0 radical (unpaired) electrons. The molecule has 13 heteroatoms. The number of benzene rings is 1. The second-order valence-electron chi connectivity index (χ2n) is 9.12. The minimum absolute atomic E-state index is 0.110. The lowest BCUT2D eigenvalue weighted by Crippen LogP contribution is -2.54. The van der Waals surface area contributed by atoms with Crippen LogP contribution in [0.25, 0.3) is 0 Å². The number of primary amides is 1. The van der Waals surface area contributed by atoms with Gasteiger partial charge in [-0.15, -0.1) is 0 Å². The third kappa shape index (κ3) is 30.7. The number of rotatable bonds is 23. The van der Waals surface area contributed by atoms with Crippen molar-refractivity contribution >= 4 is 24.2 Å². The Morgan fingerprint density at radius 2 is 1.27 bits per heavy atom. The number of ether oxygens (including phenoxy) is 5. The SMILES string of the molecule is CC.CC.CNCCOCCOCCOCCOCCC(=O)NC(C(=O)NC(C)C(N)=O)C(C)C.O=COCc1ccccc1. The topological polar surface area (TPSA) is 177 Å². The van der Waals surface area contributed by atoms with Crippen LogP contribution in [0.2, 0.25) is 0 Å². The van der Waals surface area contributed by atoms with Gasteiger partial charge in [-0.1, -0.05) is 71.9 Å². The van der Waals surface area contributed by atoms with Crippen molar-refractivity contribution in [3.63, 3.8) is 0 Å². The maximum absolute atomic E-state index is 12.2. The fourth-order valence-corrected chi connectivity index (χ4v) is 2.96. The normalized spacial score (nSPS) is 11.2. The second kappa shape index (κ2) is 35.4. The van der Waals surface area contributed by atoms with Crippen LogP contribution in [0.1, 0.15) is 60.5 Å². The Labute approximate surface area is 270 Å². The molecule has 2 atom stereocenters. The van der Waals surface area contributed by atoms with Gasteiger partial charge in [0.05, 0.1) is 52.9 Å². The summed E-state index contributed by atoms with van der Waals surface area (Å²) in [4.78, 5) is 45.2. The van der Waals surface area contributed by atoms with Gasteiger partial charge in [0.2, 0.25) is 17.7 Å². The second-order valence-corrected chi connectivity index (χ2v) is 9.12. The van der Waals surface area contributed by atoms with Gasteiger partial charge < -0.3 is 45.4 Å². The molecule has 0 aliphatic heterocycles. The summed E-state index contributed by atoms with van der Waals surface area (Å²) in [5.41, 5.74) is 6.16. The number of carbonyl (C=O) groups excluding carboxylic acids is 4. The van der Waals surface area contributed by atoms with E-state index in [0.29, 0.717) is 59.3 Å². The van der Waals surface area contributed by atoms with E-state index >= 15 is 0 Å². The first-order valence-electron chi connectivity index (χ1n) is 15.7. The third-order valence-corrected chi connectivity index (χ3v) is 5.30. The fourth-order valence-electron chi connectivity index (χ4n) is 2.96. The summed E-state index contributed by atoms with van der Waals surface area (Å²) in [6, 6.07) is 7.98. The summed E-state index contributed by atoms with van der Waals surface area (Å²) in [6.45, 7) is 18.3. The van der Waals surface area contributed by atoms with Gasteiger partial charge in [0, 0.05) is 13.0 Å². The summed E-state index contributed by atoms with van der Waals surface area (Å²) in [6.07, 6.45) is 0.110. The summed E-state index contributed by atoms with van der Waals surface area (Å²) in [5.74, 6) is -1.55. The first-order chi connectivity index (χ1) is 21.7. The van der Waals surface area contributed by atoms with E-state index in [1.807, 2.05) is 65.1 Å². The van der Waals surface area contributed by atoms with E-state index in [1.54, 1.807) is 13.8 Å². The zero-order valence-corrected chi connectivity index (χ0v) is 28.7. The van der Waals surface area contributed by atoms with Crippen LogP contribution in [0.3, 0.4) is 0 Å². The molecule has 1 aromatic carbocycles. The molecular weight excluding hydrogens is 584 g/mol. The van der Waals surface area contributed by atoms with E-state index in [-0.39, 0.29) is 24.9 Å². The van der Waals surface area contributed by atoms with Crippen molar-refractivity contribution in [2.45, 2.75) is 73.6 Å². The van der Waals surface area contributed by atoms with Crippen molar-refractivity contribution in [1.29, 1.82) is 0 Å². The molecule has 1 rings (SSSR count). The van der Waals surface area contributed by atoms with E-state index in [2.05, 4.69) is 20.7 Å². The lowest BCUT2D eigenvalue weighted by atomic mass is 10.0. The Morgan fingerprint density at radius 3 is 1.71 bits per heavy atom. The molecule has 0 fully saturated rings. The Balaban J connectivity index is -0.00000104. The molecular formula is C32H60N4O9. The zero-order valence-electron chi connectivity index (χ0n) is 28.7. The van der Waals surface area contributed by atoms with Crippen molar-refractivity contribution < 1.29 is 42.9 Å². The van der Waals surface area contributed by atoms with Gasteiger partial charge >= 0.3 is 0 Å². The molecule has 2 unspecified atom stereocenters. The molecule has 3 amide bonds. The minimum Gasteiger partial charge on any atom is -0.463 e. The Kier molecular flexibility index (Phi) is 36.4. The molecule has 5 N–H and O–H groups in total. The van der Waals surface area contributed by atoms with E-state index in [4.69, 9.17) is 24.7 Å². The minimum atomic E-state index is -0.809. The molecule has 0 aromatic heterocycles. The van der Waals surface area contributed by atoms with Crippen molar-refractivity contribution in [3.05, 3.63) is 35.9 Å². The largest absolute Gasteiger partial charge is 0.463 e. The van der Waals surface area contributed by atoms with Gasteiger partial charge in [-0.25, -0.2) is 0 Å². The summed E-state index contributed by atoms with van der Waals surface area (Å²) in [5, 5.41) is 8.14. The number of carbonyl (C=O) groups is 4. The molecule has 0 bridgehead atoms. The van der Waals surface area contributed by atoms with Crippen molar-refractivity contribution in [1.82, 2.24) is 16.0 Å². The highest BCUT2D eigenvalue weighted by atomic mass is 16.6. The quantitative estimate of drug-likeness (QED) is 0.102. The lowest BCUT2D eigenvalue weighted by Gasteiger charge is -2.23. The molecule has 0 aliphatic carbocycles. The van der Waals surface area contributed by atoms with Crippen LogP contribution in [0.5, 0.6) is 0 Å². The molecule has 0 spiro atoms. The maximum atomic E-state index is 12.2. The number of nitrogens with one attached hydrogen (secondary N) is 3. The molecule has 13 nitrogen and oxygen atoms in total. The van der Waals surface area contributed by atoms with Crippen molar-refractivity contribution in [3.8, 4) is 0 Å². The van der Waals surface area contributed by atoms with E-state index in [9.17, 15) is 19.2 Å². The molecule has 262 valence electrons. The highest BCUT2D eigenvalue weighted by Gasteiger charge is 2.26. The van der Waals surface area contributed by atoms with Crippen LogP contribution in [-0.2, 0) is 49.5 Å². The average Bonchev–Trinajstić information content (AvgIpc) is 3.05. The number of nitrogens with two attached hydrogens (primary N) is 1. The summed E-state index contributed by atoms with van der Waals surface area (Å²) < 4.78 is 26.0. The van der Waals surface area contributed by atoms with E-state index in [1.165, 1.54) is 6.92 Å². The number of hydrogen-bond acceptors (Lipinski definition) is 10. The lowest BCUT2D eigenvalue weighted by molar-refractivity contribution is -0.132. The highest BCUT2D eigenvalue weighted by molar-refractivity contribution is 5.91. The fraction of sp³-hybridized carbons (Fsp3) is 0.688. The predicted molar refractivity (Wildman–Crippen MR) is 175 cm³/mol. The van der Waals surface area contributed by atoms with Gasteiger partial charge in [0.15, 0.2) is 0 Å². The van der Waals surface area contributed by atoms with Crippen LogP contribution in [0, 0.1) is 5.92 Å². The van der Waals surface area contributed by atoms with Gasteiger partial charge in [-0.2, -0.15) is 0 Å². The molecule has 45 heavy (non-hydrogen) atoms. The van der Waals surface area contributed by atoms with Crippen LogP contribution in [-0.4, -0.2) is 103 Å². The maximum Gasteiger partial charge on any atom is 0.293 e. The smallest absolute Gasteiger partial charge is 0.293 e.